The van der Waals surface area contributed by atoms with E-state index in [-0.39, 0.29) is 23.2 Å². The summed E-state index contributed by atoms with van der Waals surface area (Å²) in [4.78, 5) is 4.61. The molecule has 0 spiro atoms. The second-order valence-electron chi connectivity index (χ2n) is 7.13. The van der Waals surface area contributed by atoms with Crippen LogP contribution >= 0.6 is 0 Å². The van der Waals surface area contributed by atoms with Crippen molar-refractivity contribution in [3.63, 3.8) is 0 Å². The molecule has 1 aliphatic heterocycles. The molecule has 0 radical (unpaired) electrons. The molecule has 2 rings (SSSR count). The van der Waals surface area contributed by atoms with Crippen molar-refractivity contribution in [1.29, 1.82) is 0 Å². The molecule has 0 amide bonds. The number of aryl methyl sites for hydroxylation is 2. The second kappa shape index (κ2) is 5.10. The van der Waals surface area contributed by atoms with Gasteiger partial charge in [-0.2, -0.15) is 0 Å². The smallest absolute Gasteiger partial charge is 0.0691 e. The van der Waals surface area contributed by atoms with Crippen molar-refractivity contribution >= 4 is 0 Å². The number of hydrazine groups is 1. The number of rotatable bonds is 3. The molecule has 2 atom stereocenters. The number of pyridine rings is 1. The summed E-state index contributed by atoms with van der Waals surface area (Å²) in [6.07, 6.45) is 2.87. The normalized spacial score (nSPS) is 25.6. The van der Waals surface area contributed by atoms with Gasteiger partial charge in [-0.1, -0.05) is 6.07 Å². The van der Waals surface area contributed by atoms with Crippen molar-refractivity contribution in [3.8, 4) is 0 Å². The predicted molar refractivity (Wildman–Crippen MR) is 81.1 cm³/mol. The largest absolute Gasteiger partial charge is 0.369 e. The average Bonchev–Trinajstić information content (AvgIpc) is 2.51. The summed E-state index contributed by atoms with van der Waals surface area (Å²) in [5.41, 5.74) is 6.00. The zero-order chi connectivity index (χ0) is 15.1. The highest BCUT2D eigenvalue weighted by Gasteiger charge is 2.49. The molecule has 1 aromatic heterocycles. The molecule has 1 aliphatic rings. The van der Waals surface area contributed by atoms with Crippen LogP contribution in [-0.2, 0) is 4.74 Å². The summed E-state index contributed by atoms with van der Waals surface area (Å²) in [6, 6.07) is 2.16. The zero-order valence-electron chi connectivity index (χ0n) is 13.4. The van der Waals surface area contributed by atoms with Gasteiger partial charge >= 0.3 is 0 Å². The first-order valence-corrected chi connectivity index (χ1v) is 7.26. The molecule has 2 heterocycles. The molecule has 1 fully saturated rings. The Bertz CT molecular complexity index is 496. The van der Waals surface area contributed by atoms with Crippen LogP contribution in [-0.4, -0.2) is 16.2 Å². The first kappa shape index (κ1) is 15.4. The molecule has 0 saturated carbocycles. The van der Waals surface area contributed by atoms with Crippen molar-refractivity contribution in [3.05, 3.63) is 29.1 Å². The summed E-state index contributed by atoms with van der Waals surface area (Å²) in [7, 11) is 0. The van der Waals surface area contributed by atoms with Gasteiger partial charge in [0.2, 0.25) is 0 Å². The second-order valence-corrected chi connectivity index (χ2v) is 7.13. The highest BCUT2D eigenvalue weighted by Crippen LogP contribution is 2.47. The van der Waals surface area contributed by atoms with E-state index < -0.39 is 0 Å². The molecule has 2 unspecified atom stereocenters. The maximum absolute atomic E-state index is 6.19. The monoisotopic (exact) mass is 277 g/mol. The SMILES string of the molecule is Cc1cnc(C(NN)C2CC(C)(C)OC2(C)C)c(C)c1. The van der Waals surface area contributed by atoms with Gasteiger partial charge in [0.1, 0.15) is 0 Å². The van der Waals surface area contributed by atoms with Crippen LogP contribution in [0.2, 0.25) is 0 Å². The van der Waals surface area contributed by atoms with Gasteiger partial charge in [-0.25, -0.2) is 0 Å². The summed E-state index contributed by atoms with van der Waals surface area (Å²) in [5, 5.41) is 0. The Morgan fingerprint density at radius 1 is 1.35 bits per heavy atom. The zero-order valence-corrected chi connectivity index (χ0v) is 13.4. The van der Waals surface area contributed by atoms with Crippen LogP contribution in [0.15, 0.2) is 12.3 Å². The lowest BCUT2D eigenvalue weighted by Crippen LogP contribution is -2.42. The average molecular weight is 277 g/mol. The van der Waals surface area contributed by atoms with Gasteiger partial charge in [-0.3, -0.25) is 16.3 Å². The lowest BCUT2D eigenvalue weighted by atomic mass is 9.79. The lowest BCUT2D eigenvalue weighted by Gasteiger charge is -2.33. The number of aromatic nitrogens is 1. The third-order valence-electron chi connectivity index (χ3n) is 4.28. The number of nitrogens with two attached hydrogens (primary N) is 1. The Morgan fingerprint density at radius 3 is 2.45 bits per heavy atom. The Balaban J connectivity index is 2.37. The topological polar surface area (TPSA) is 60.2 Å². The molecular weight excluding hydrogens is 250 g/mol. The maximum atomic E-state index is 6.19. The van der Waals surface area contributed by atoms with Crippen LogP contribution in [0.3, 0.4) is 0 Å². The van der Waals surface area contributed by atoms with E-state index in [0.29, 0.717) is 0 Å². The van der Waals surface area contributed by atoms with Crippen LogP contribution in [0.1, 0.15) is 57.0 Å². The fraction of sp³-hybridized carbons (Fsp3) is 0.688. The molecule has 0 aliphatic carbocycles. The number of ether oxygens (including phenoxy) is 1. The van der Waals surface area contributed by atoms with Crippen LogP contribution < -0.4 is 11.3 Å². The Labute approximate surface area is 122 Å². The minimum atomic E-state index is -0.223. The van der Waals surface area contributed by atoms with Gasteiger partial charge in [0, 0.05) is 12.1 Å². The summed E-state index contributed by atoms with van der Waals surface area (Å²) < 4.78 is 6.19. The van der Waals surface area contributed by atoms with Crippen LogP contribution in [0, 0.1) is 19.8 Å². The van der Waals surface area contributed by atoms with Crippen molar-refractivity contribution in [2.75, 3.05) is 0 Å². The van der Waals surface area contributed by atoms with Crippen molar-refractivity contribution in [1.82, 2.24) is 10.4 Å². The molecule has 0 bridgehead atoms. The number of nitrogens with zero attached hydrogens (tertiary/aromatic N) is 1. The first-order valence-electron chi connectivity index (χ1n) is 7.26. The minimum absolute atomic E-state index is 0.00683. The molecule has 1 saturated heterocycles. The molecule has 0 aromatic carbocycles. The van der Waals surface area contributed by atoms with Crippen molar-refractivity contribution < 1.29 is 4.74 Å². The highest BCUT2D eigenvalue weighted by molar-refractivity contribution is 5.27. The summed E-state index contributed by atoms with van der Waals surface area (Å²) in [5.74, 6) is 6.14. The molecule has 4 heteroatoms. The van der Waals surface area contributed by atoms with Crippen LogP contribution in [0.25, 0.3) is 0 Å². The van der Waals surface area contributed by atoms with E-state index in [4.69, 9.17) is 10.6 Å². The molecule has 3 N–H and O–H groups in total. The van der Waals surface area contributed by atoms with Gasteiger partial charge in [-0.15, -0.1) is 0 Å². The number of nitrogens with one attached hydrogen (secondary N) is 1. The van der Waals surface area contributed by atoms with E-state index in [1.54, 1.807) is 0 Å². The fourth-order valence-corrected chi connectivity index (χ4v) is 3.56. The van der Waals surface area contributed by atoms with Gasteiger partial charge < -0.3 is 4.74 Å². The standard InChI is InChI=1S/C16H27N3O/c1-10-7-11(2)13(18-9-10)14(19-17)12-8-15(3,4)20-16(12,5)6/h7,9,12,14,19H,8,17H2,1-6H3. The van der Waals surface area contributed by atoms with Crippen molar-refractivity contribution in [2.45, 2.75) is 65.2 Å². The molecule has 4 nitrogen and oxygen atoms in total. The predicted octanol–water partition coefficient (Wildman–Crippen LogP) is 2.80. The maximum Gasteiger partial charge on any atom is 0.0691 e. The van der Waals surface area contributed by atoms with E-state index in [1.807, 2.05) is 6.20 Å². The molecule has 1 aromatic rings. The summed E-state index contributed by atoms with van der Waals surface area (Å²) >= 11 is 0. The Morgan fingerprint density at radius 2 is 2.00 bits per heavy atom. The van der Waals surface area contributed by atoms with E-state index >= 15 is 0 Å². The third kappa shape index (κ3) is 2.87. The van der Waals surface area contributed by atoms with Gasteiger partial charge in [0.25, 0.3) is 0 Å². The molecule has 112 valence electrons. The highest BCUT2D eigenvalue weighted by atomic mass is 16.5. The Kier molecular flexibility index (Phi) is 3.93. The minimum Gasteiger partial charge on any atom is -0.369 e. The van der Waals surface area contributed by atoms with E-state index in [0.717, 1.165) is 12.1 Å². The molecular formula is C16H27N3O. The van der Waals surface area contributed by atoms with E-state index in [2.05, 4.69) is 58.0 Å². The third-order valence-corrected chi connectivity index (χ3v) is 4.28. The van der Waals surface area contributed by atoms with Gasteiger partial charge in [0.05, 0.1) is 22.9 Å². The fourth-order valence-electron chi connectivity index (χ4n) is 3.56. The van der Waals surface area contributed by atoms with E-state index in [9.17, 15) is 0 Å². The summed E-state index contributed by atoms with van der Waals surface area (Å²) in [6.45, 7) is 12.7. The quantitative estimate of drug-likeness (QED) is 0.659. The van der Waals surface area contributed by atoms with Gasteiger partial charge in [0.15, 0.2) is 0 Å². The lowest BCUT2D eigenvalue weighted by molar-refractivity contribution is -0.0780. The number of hydrogen-bond acceptors (Lipinski definition) is 4. The number of hydrogen-bond donors (Lipinski definition) is 2. The van der Waals surface area contributed by atoms with Gasteiger partial charge in [-0.05, 0) is 59.1 Å². The van der Waals surface area contributed by atoms with Crippen molar-refractivity contribution in [2.24, 2.45) is 11.8 Å². The van der Waals surface area contributed by atoms with E-state index in [1.165, 1.54) is 11.1 Å². The first-order chi connectivity index (χ1) is 9.16. The van der Waals surface area contributed by atoms with Crippen LogP contribution in [0.4, 0.5) is 0 Å². The van der Waals surface area contributed by atoms with Crippen LogP contribution in [0.5, 0.6) is 0 Å². The Hall–Kier alpha value is -0.970. The molecule has 20 heavy (non-hydrogen) atoms.